The number of anilines is 3. The number of nitriles is 1. The number of halogens is 3. The number of rotatable bonds is 3. The molecule has 0 saturated carbocycles. The summed E-state index contributed by atoms with van der Waals surface area (Å²) in [6.07, 6.45) is -4.78. The summed E-state index contributed by atoms with van der Waals surface area (Å²) < 4.78 is 40.9. The number of nitrogen functional groups attached to an aromatic ring is 1. The Labute approximate surface area is 118 Å². The second kappa shape index (κ2) is 5.63. The standard InChI is InChI=1S/C14H10F3N3O/c15-14(16,17)21-13-4-2-1-3-12(13)20-10-5-6-11(19)9(7-10)8-18/h1-7,20H,19H2. The topological polar surface area (TPSA) is 71.1 Å². The number of hydrogen-bond acceptors (Lipinski definition) is 4. The van der Waals surface area contributed by atoms with Crippen LogP contribution >= 0.6 is 0 Å². The highest BCUT2D eigenvalue weighted by atomic mass is 19.4. The van der Waals surface area contributed by atoms with E-state index in [4.69, 9.17) is 11.0 Å². The fourth-order valence-corrected chi connectivity index (χ4v) is 1.67. The van der Waals surface area contributed by atoms with Gasteiger partial charge in [0, 0.05) is 11.4 Å². The maximum absolute atomic E-state index is 12.3. The van der Waals surface area contributed by atoms with Gasteiger partial charge in [-0.25, -0.2) is 0 Å². The van der Waals surface area contributed by atoms with Gasteiger partial charge in [0.15, 0.2) is 5.75 Å². The minimum Gasteiger partial charge on any atom is -0.404 e. The van der Waals surface area contributed by atoms with Gasteiger partial charge in [-0.2, -0.15) is 5.26 Å². The smallest absolute Gasteiger partial charge is 0.404 e. The van der Waals surface area contributed by atoms with Crippen LogP contribution in [0.1, 0.15) is 5.56 Å². The average molecular weight is 293 g/mol. The molecular formula is C14H10F3N3O. The van der Waals surface area contributed by atoms with Crippen LogP contribution in [0.3, 0.4) is 0 Å². The summed E-state index contributed by atoms with van der Waals surface area (Å²) in [6, 6.07) is 12.0. The summed E-state index contributed by atoms with van der Waals surface area (Å²) >= 11 is 0. The van der Waals surface area contributed by atoms with E-state index in [0.717, 1.165) is 0 Å². The number of para-hydroxylation sites is 2. The van der Waals surface area contributed by atoms with Gasteiger partial charge in [-0.1, -0.05) is 12.1 Å². The van der Waals surface area contributed by atoms with Crippen LogP contribution in [0.15, 0.2) is 42.5 Å². The monoisotopic (exact) mass is 293 g/mol. The first-order valence-corrected chi connectivity index (χ1v) is 5.80. The van der Waals surface area contributed by atoms with Crippen molar-refractivity contribution in [3.8, 4) is 11.8 Å². The second-order valence-corrected chi connectivity index (χ2v) is 4.08. The lowest BCUT2D eigenvalue weighted by molar-refractivity contribution is -0.274. The molecule has 0 aromatic heterocycles. The number of nitrogens with one attached hydrogen (secondary N) is 1. The van der Waals surface area contributed by atoms with Gasteiger partial charge >= 0.3 is 6.36 Å². The molecule has 0 spiro atoms. The van der Waals surface area contributed by atoms with Gasteiger partial charge in [0.1, 0.15) is 6.07 Å². The highest BCUT2D eigenvalue weighted by molar-refractivity contribution is 5.70. The molecular weight excluding hydrogens is 283 g/mol. The Hall–Kier alpha value is -2.88. The summed E-state index contributed by atoms with van der Waals surface area (Å²) in [4.78, 5) is 0. The molecule has 0 bridgehead atoms. The molecule has 0 fully saturated rings. The van der Waals surface area contributed by atoms with E-state index in [0.29, 0.717) is 11.4 Å². The van der Waals surface area contributed by atoms with Crippen LogP contribution in [0.5, 0.6) is 5.75 Å². The maximum atomic E-state index is 12.3. The van der Waals surface area contributed by atoms with Crippen molar-refractivity contribution in [2.45, 2.75) is 6.36 Å². The first-order valence-electron chi connectivity index (χ1n) is 5.80. The van der Waals surface area contributed by atoms with Crippen LogP contribution in [-0.4, -0.2) is 6.36 Å². The lowest BCUT2D eigenvalue weighted by Gasteiger charge is -2.14. The molecule has 0 unspecified atom stereocenters. The van der Waals surface area contributed by atoms with Crippen molar-refractivity contribution in [3.63, 3.8) is 0 Å². The third kappa shape index (κ3) is 3.79. The molecule has 2 aromatic rings. The van der Waals surface area contributed by atoms with Gasteiger partial charge in [-0.15, -0.1) is 13.2 Å². The molecule has 7 heteroatoms. The Kier molecular flexibility index (Phi) is 3.89. The van der Waals surface area contributed by atoms with E-state index in [9.17, 15) is 13.2 Å². The number of hydrogen-bond donors (Lipinski definition) is 2. The molecule has 3 N–H and O–H groups in total. The number of nitrogens with two attached hydrogens (primary N) is 1. The van der Waals surface area contributed by atoms with Gasteiger partial charge in [-0.3, -0.25) is 0 Å². The maximum Gasteiger partial charge on any atom is 0.573 e. The van der Waals surface area contributed by atoms with Crippen LogP contribution in [0.4, 0.5) is 30.2 Å². The fraction of sp³-hybridized carbons (Fsp3) is 0.0714. The van der Waals surface area contributed by atoms with Gasteiger partial charge < -0.3 is 15.8 Å². The Morgan fingerprint density at radius 1 is 1.14 bits per heavy atom. The fourth-order valence-electron chi connectivity index (χ4n) is 1.67. The SMILES string of the molecule is N#Cc1cc(Nc2ccccc2OC(F)(F)F)ccc1N. The van der Waals surface area contributed by atoms with Crippen LogP contribution < -0.4 is 15.8 Å². The molecule has 0 saturated heterocycles. The number of nitrogens with zero attached hydrogens (tertiary/aromatic N) is 1. The summed E-state index contributed by atoms with van der Waals surface area (Å²) in [6.45, 7) is 0. The molecule has 0 aliphatic carbocycles. The molecule has 2 rings (SSSR count). The van der Waals surface area contributed by atoms with Crippen molar-refractivity contribution in [2.24, 2.45) is 0 Å². The van der Waals surface area contributed by atoms with Crippen LogP contribution in [-0.2, 0) is 0 Å². The van der Waals surface area contributed by atoms with E-state index < -0.39 is 6.36 Å². The van der Waals surface area contributed by atoms with E-state index in [1.54, 1.807) is 12.1 Å². The van der Waals surface area contributed by atoms with Gasteiger partial charge in [0.05, 0.1) is 11.3 Å². The molecule has 0 aliphatic heterocycles. The van der Waals surface area contributed by atoms with E-state index >= 15 is 0 Å². The lowest BCUT2D eigenvalue weighted by Crippen LogP contribution is -2.17. The number of alkyl halides is 3. The molecule has 0 heterocycles. The van der Waals surface area contributed by atoms with Crippen LogP contribution in [0.25, 0.3) is 0 Å². The molecule has 0 atom stereocenters. The van der Waals surface area contributed by atoms with Gasteiger partial charge in [0.25, 0.3) is 0 Å². The normalized spacial score (nSPS) is 10.8. The van der Waals surface area contributed by atoms with E-state index in [1.165, 1.54) is 30.3 Å². The van der Waals surface area contributed by atoms with E-state index in [2.05, 4.69) is 10.1 Å². The first kappa shape index (κ1) is 14.5. The predicted molar refractivity (Wildman–Crippen MR) is 72.0 cm³/mol. The zero-order valence-corrected chi connectivity index (χ0v) is 10.6. The Morgan fingerprint density at radius 3 is 2.52 bits per heavy atom. The zero-order valence-electron chi connectivity index (χ0n) is 10.6. The third-order valence-corrected chi connectivity index (χ3v) is 2.57. The highest BCUT2D eigenvalue weighted by Crippen LogP contribution is 2.32. The number of benzene rings is 2. The minimum atomic E-state index is -4.78. The van der Waals surface area contributed by atoms with E-state index in [-0.39, 0.29) is 17.0 Å². The zero-order chi connectivity index (χ0) is 15.5. The molecule has 0 aliphatic rings. The quantitative estimate of drug-likeness (QED) is 0.845. The van der Waals surface area contributed by atoms with Crippen molar-refractivity contribution in [1.82, 2.24) is 0 Å². The summed E-state index contributed by atoms with van der Waals surface area (Å²) in [5, 5.41) is 11.7. The Morgan fingerprint density at radius 2 is 1.86 bits per heavy atom. The van der Waals surface area contributed by atoms with Crippen molar-refractivity contribution < 1.29 is 17.9 Å². The summed E-state index contributed by atoms with van der Waals surface area (Å²) in [7, 11) is 0. The first-order chi connectivity index (χ1) is 9.89. The second-order valence-electron chi connectivity index (χ2n) is 4.08. The Bertz CT molecular complexity index is 693. The molecule has 0 radical (unpaired) electrons. The molecule has 108 valence electrons. The van der Waals surface area contributed by atoms with E-state index in [1.807, 2.05) is 6.07 Å². The highest BCUT2D eigenvalue weighted by Gasteiger charge is 2.32. The van der Waals surface area contributed by atoms with Crippen molar-refractivity contribution in [1.29, 1.82) is 5.26 Å². The predicted octanol–water partition coefficient (Wildman–Crippen LogP) is 3.78. The molecule has 4 nitrogen and oxygen atoms in total. The Balaban J connectivity index is 2.30. The molecule has 2 aromatic carbocycles. The largest absolute Gasteiger partial charge is 0.573 e. The summed E-state index contributed by atoms with van der Waals surface area (Å²) in [5.74, 6) is -0.361. The average Bonchev–Trinajstić information content (AvgIpc) is 2.41. The molecule has 0 amide bonds. The summed E-state index contributed by atoms with van der Waals surface area (Å²) in [5.41, 5.74) is 6.67. The van der Waals surface area contributed by atoms with Gasteiger partial charge in [-0.05, 0) is 30.3 Å². The molecule has 21 heavy (non-hydrogen) atoms. The van der Waals surface area contributed by atoms with Crippen LogP contribution in [0.2, 0.25) is 0 Å². The van der Waals surface area contributed by atoms with Gasteiger partial charge in [0.2, 0.25) is 0 Å². The van der Waals surface area contributed by atoms with Crippen LogP contribution in [0, 0.1) is 11.3 Å². The third-order valence-electron chi connectivity index (χ3n) is 2.57. The van der Waals surface area contributed by atoms with Crippen molar-refractivity contribution in [2.75, 3.05) is 11.1 Å². The van der Waals surface area contributed by atoms with Crippen molar-refractivity contribution >= 4 is 17.1 Å². The lowest BCUT2D eigenvalue weighted by atomic mass is 10.1. The van der Waals surface area contributed by atoms with Crippen molar-refractivity contribution in [3.05, 3.63) is 48.0 Å². The minimum absolute atomic E-state index is 0.128. The number of ether oxygens (including phenoxy) is 1.